The lowest BCUT2D eigenvalue weighted by Crippen LogP contribution is -2.32. The predicted molar refractivity (Wildman–Crippen MR) is 82.3 cm³/mol. The summed E-state index contributed by atoms with van der Waals surface area (Å²) in [6, 6.07) is 8.15. The molecule has 1 atom stereocenters. The zero-order valence-electron chi connectivity index (χ0n) is 12.6. The van der Waals surface area contributed by atoms with Crippen LogP contribution in [0.3, 0.4) is 0 Å². The monoisotopic (exact) mass is 274 g/mol. The van der Waals surface area contributed by atoms with Crippen LogP contribution in [0.1, 0.15) is 13.8 Å². The molecule has 0 aromatic heterocycles. The Labute approximate surface area is 120 Å². The number of hydrogen-bond acceptors (Lipinski definition) is 6. The molecule has 0 amide bonds. The van der Waals surface area contributed by atoms with Crippen molar-refractivity contribution >= 4 is 17.7 Å². The predicted octanol–water partition coefficient (Wildman–Crippen LogP) is 2.72. The number of nitrogens with zero attached hydrogens (tertiary/aromatic N) is 6. The highest BCUT2D eigenvalue weighted by atomic mass is 15.6. The smallest absolute Gasteiger partial charge is 0.233 e. The molecule has 1 aliphatic heterocycles. The summed E-state index contributed by atoms with van der Waals surface area (Å²) in [4.78, 5) is 4.21. The first kappa shape index (κ1) is 14.3. The second kappa shape index (κ2) is 6.36. The summed E-state index contributed by atoms with van der Waals surface area (Å²) >= 11 is 0. The van der Waals surface area contributed by atoms with Gasteiger partial charge in [0.05, 0.1) is 5.69 Å². The third kappa shape index (κ3) is 3.07. The van der Waals surface area contributed by atoms with Gasteiger partial charge < -0.3 is 9.80 Å². The molecule has 0 saturated heterocycles. The van der Waals surface area contributed by atoms with Crippen molar-refractivity contribution in [2.45, 2.75) is 20.1 Å². The van der Waals surface area contributed by atoms with Gasteiger partial charge in [0.1, 0.15) is 6.34 Å². The molecule has 108 valence electrons. The van der Waals surface area contributed by atoms with Gasteiger partial charge in [-0.05, 0) is 38.1 Å². The van der Waals surface area contributed by atoms with Crippen molar-refractivity contribution in [1.82, 2.24) is 9.91 Å². The minimum absolute atomic E-state index is 0.155. The first-order valence-corrected chi connectivity index (χ1v) is 6.90. The highest BCUT2D eigenvalue weighted by molar-refractivity contribution is 5.56. The van der Waals surface area contributed by atoms with Crippen molar-refractivity contribution < 1.29 is 0 Å². The Hall–Kier alpha value is -2.11. The van der Waals surface area contributed by atoms with E-state index in [2.05, 4.69) is 46.2 Å². The highest BCUT2D eigenvalue weighted by Gasteiger charge is 2.20. The molecule has 6 nitrogen and oxygen atoms in total. The van der Waals surface area contributed by atoms with Crippen molar-refractivity contribution in [3.63, 3.8) is 0 Å². The van der Waals surface area contributed by atoms with Gasteiger partial charge in [-0.3, -0.25) is 5.01 Å². The van der Waals surface area contributed by atoms with Crippen LogP contribution >= 0.6 is 0 Å². The SMILES string of the molecule is CCN(CC)c1ccc(N=N[C@H]2N(C)C=NN2C)cc1. The van der Waals surface area contributed by atoms with Gasteiger partial charge in [0.2, 0.25) is 6.29 Å². The average Bonchev–Trinajstić information content (AvgIpc) is 2.78. The molecular formula is C14H22N6. The Morgan fingerprint density at radius 1 is 1.15 bits per heavy atom. The van der Waals surface area contributed by atoms with Gasteiger partial charge >= 0.3 is 0 Å². The molecule has 0 aliphatic carbocycles. The van der Waals surface area contributed by atoms with Gasteiger partial charge in [0.15, 0.2) is 0 Å². The molecule has 0 unspecified atom stereocenters. The molecule has 1 aliphatic rings. The lowest BCUT2D eigenvalue weighted by molar-refractivity contribution is 0.183. The molecule has 0 saturated carbocycles. The van der Waals surface area contributed by atoms with Crippen molar-refractivity contribution in [3.05, 3.63) is 24.3 Å². The second-order valence-corrected chi connectivity index (χ2v) is 4.72. The molecule has 0 spiro atoms. The Morgan fingerprint density at radius 3 is 2.30 bits per heavy atom. The molecule has 0 fully saturated rings. The standard InChI is InChI=1S/C14H22N6/c1-5-20(6-2)13-9-7-12(8-10-13)16-17-14-18(3)11-15-19(14)4/h7-11,14H,5-6H2,1-4H3/t14-/m0/s1. The van der Waals surface area contributed by atoms with Crippen molar-refractivity contribution in [2.24, 2.45) is 15.3 Å². The van der Waals surface area contributed by atoms with Gasteiger partial charge in [-0.1, -0.05) is 0 Å². The van der Waals surface area contributed by atoms with Crippen LogP contribution in [0.25, 0.3) is 0 Å². The third-order valence-electron chi connectivity index (χ3n) is 3.37. The summed E-state index contributed by atoms with van der Waals surface area (Å²) in [6.07, 6.45) is 1.59. The van der Waals surface area contributed by atoms with Crippen molar-refractivity contribution in [2.75, 3.05) is 32.1 Å². The average molecular weight is 274 g/mol. The van der Waals surface area contributed by atoms with E-state index >= 15 is 0 Å². The maximum atomic E-state index is 4.31. The van der Waals surface area contributed by atoms with Crippen LogP contribution < -0.4 is 4.90 Å². The molecule has 0 N–H and O–H groups in total. The molecule has 20 heavy (non-hydrogen) atoms. The maximum Gasteiger partial charge on any atom is 0.233 e. The summed E-state index contributed by atoms with van der Waals surface area (Å²) < 4.78 is 0. The summed E-state index contributed by atoms with van der Waals surface area (Å²) in [6.45, 7) is 6.32. The molecule has 1 aromatic carbocycles. The van der Waals surface area contributed by atoms with Crippen LogP contribution in [0.5, 0.6) is 0 Å². The first-order chi connectivity index (χ1) is 9.65. The minimum Gasteiger partial charge on any atom is -0.372 e. The topological polar surface area (TPSA) is 46.8 Å². The van der Waals surface area contributed by atoms with Crippen molar-refractivity contribution in [1.29, 1.82) is 0 Å². The van der Waals surface area contributed by atoms with Gasteiger partial charge in [0, 0.05) is 32.9 Å². The number of hydrogen-bond donors (Lipinski definition) is 0. The maximum absolute atomic E-state index is 4.31. The van der Waals surface area contributed by atoms with E-state index in [-0.39, 0.29) is 6.29 Å². The lowest BCUT2D eigenvalue weighted by atomic mass is 10.2. The number of hydrazone groups is 1. The zero-order valence-corrected chi connectivity index (χ0v) is 12.6. The van der Waals surface area contributed by atoms with E-state index in [1.165, 1.54) is 5.69 Å². The molecule has 0 radical (unpaired) electrons. The van der Waals surface area contributed by atoms with E-state index in [1.54, 1.807) is 11.3 Å². The zero-order chi connectivity index (χ0) is 14.5. The Morgan fingerprint density at radius 2 is 1.80 bits per heavy atom. The van der Waals surface area contributed by atoms with Gasteiger partial charge in [0.25, 0.3) is 0 Å². The number of azo groups is 1. The number of rotatable bonds is 5. The molecule has 6 heteroatoms. The van der Waals surface area contributed by atoms with Crippen LogP contribution in [0.2, 0.25) is 0 Å². The van der Waals surface area contributed by atoms with E-state index in [4.69, 9.17) is 0 Å². The van der Waals surface area contributed by atoms with Crippen molar-refractivity contribution in [3.8, 4) is 0 Å². The van der Waals surface area contributed by atoms with E-state index in [0.29, 0.717) is 0 Å². The first-order valence-electron chi connectivity index (χ1n) is 6.90. The third-order valence-corrected chi connectivity index (χ3v) is 3.37. The highest BCUT2D eigenvalue weighted by Crippen LogP contribution is 2.21. The molecule has 1 heterocycles. The molecule has 2 rings (SSSR count). The summed E-state index contributed by atoms with van der Waals surface area (Å²) in [5.74, 6) is 0. The van der Waals surface area contributed by atoms with E-state index < -0.39 is 0 Å². The summed E-state index contributed by atoms with van der Waals surface area (Å²) in [5.41, 5.74) is 2.07. The molecule has 0 bridgehead atoms. The van der Waals surface area contributed by atoms with E-state index in [1.807, 2.05) is 31.1 Å². The molecular weight excluding hydrogens is 252 g/mol. The lowest BCUT2D eigenvalue weighted by Gasteiger charge is -2.21. The van der Waals surface area contributed by atoms with Crippen LogP contribution in [-0.2, 0) is 0 Å². The van der Waals surface area contributed by atoms with E-state index in [9.17, 15) is 0 Å². The number of anilines is 1. The summed E-state index contributed by atoms with van der Waals surface area (Å²) in [7, 11) is 3.81. The molecule has 1 aromatic rings. The second-order valence-electron chi connectivity index (χ2n) is 4.72. The fraction of sp³-hybridized carbons (Fsp3) is 0.500. The minimum atomic E-state index is -0.155. The van der Waals surface area contributed by atoms with E-state index in [0.717, 1.165) is 18.8 Å². The Kier molecular flexibility index (Phi) is 4.55. The van der Waals surface area contributed by atoms with Crippen LogP contribution in [0, 0.1) is 0 Å². The van der Waals surface area contributed by atoms with Gasteiger partial charge in [-0.15, -0.1) is 5.11 Å². The van der Waals surface area contributed by atoms with Crippen LogP contribution in [-0.4, -0.2) is 49.7 Å². The fourth-order valence-electron chi connectivity index (χ4n) is 2.14. The fourth-order valence-corrected chi connectivity index (χ4v) is 2.14. The Balaban J connectivity index is 2.04. The Bertz CT molecular complexity index is 465. The normalized spacial score (nSPS) is 18.3. The summed E-state index contributed by atoms with van der Waals surface area (Å²) in [5, 5.41) is 14.5. The largest absolute Gasteiger partial charge is 0.372 e. The number of benzene rings is 1. The van der Waals surface area contributed by atoms with Crippen LogP contribution in [0.4, 0.5) is 11.4 Å². The van der Waals surface area contributed by atoms with Gasteiger partial charge in [-0.2, -0.15) is 10.2 Å². The quantitative estimate of drug-likeness (QED) is 0.776. The van der Waals surface area contributed by atoms with Crippen LogP contribution in [0.15, 0.2) is 39.6 Å². The van der Waals surface area contributed by atoms with Gasteiger partial charge in [-0.25, -0.2) is 0 Å².